The van der Waals surface area contributed by atoms with Gasteiger partial charge in [0.05, 0.1) is 0 Å². The molecule has 0 bridgehead atoms. The maximum absolute atomic E-state index is 10.9. The summed E-state index contributed by atoms with van der Waals surface area (Å²) in [5.74, 6) is 2.67. The van der Waals surface area contributed by atoms with Crippen molar-refractivity contribution in [3.8, 4) is 0 Å². The van der Waals surface area contributed by atoms with Gasteiger partial charge in [0.2, 0.25) is 0 Å². The van der Waals surface area contributed by atoms with Gasteiger partial charge in [-0.15, -0.1) is 0 Å². The zero-order valence-electron chi connectivity index (χ0n) is 14.4. The molecule has 0 unspecified atom stereocenters. The first-order valence-corrected chi connectivity index (χ1v) is 9.48. The van der Waals surface area contributed by atoms with E-state index in [1.807, 2.05) is 0 Å². The Morgan fingerprint density at radius 3 is 2.04 bits per heavy atom. The molecule has 1 nitrogen and oxygen atoms in total. The van der Waals surface area contributed by atoms with Crippen molar-refractivity contribution in [2.45, 2.75) is 64.2 Å². The standard InChI is InChI=1S/C22H30O/c1-17-2-4-18(5-3-17)6-7-19-8-12-21(13-9-19)22-14-10-20(16-23)11-15-22/h6-9,12-13,16-18,20,22H,2-5,10-11,14-15H2,1H3. The summed E-state index contributed by atoms with van der Waals surface area (Å²) in [6, 6.07) is 9.13. The number of hydrogen-bond acceptors (Lipinski definition) is 1. The van der Waals surface area contributed by atoms with Gasteiger partial charge < -0.3 is 4.79 Å². The predicted octanol–water partition coefficient (Wildman–Crippen LogP) is 6.00. The Morgan fingerprint density at radius 2 is 1.43 bits per heavy atom. The van der Waals surface area contributed by atoms with Crippen LogP contribution in [0.5, 0.6) is 0 Å². The third-order valence-corrected chi connectivity index (χ3v) is 5.99. The zero-order valence-corrected chi connectivity index (χ0v) is 14.4. The summed E-state index contributed by atoms with van der Waals surface area (Å²) in [5.41, 5.74) is 2.78. The molecule has 23 heavy (non-hydrogen) atoms. The van der Waals surface area contributed by atoms with Crippen LogP contribution in [-0.4, -0.2) is 6.29 Å². The number of hydrogen-bond donors (Lipinski definition) is 0. The molecule has 0 radical (unpaired) electrons. The molecule has 1 aromatic carbocycles. The third-order valence-electron chi connectivity index (χ3n) is 5.99. The average molecular weight is 310 g/mol. The molecule has 0 atom stereocenters. The molecule has 3 rings (SSSR count). The van der Waals surface area contributed by atoms with Crippen LogP contribution in [0.1, 0.15) is 75.3 Å². The largest absolute Gasteiger partial charge is 0.303 e. The first-order valence-electron chi connectivity index (χ1n) is 9.48. The normalized spacial score (nSPS) is 32.0. The van der Waals surface area contributed by atoms with Gasteiger partial charge in [0.15, 0.2) is 0 Å². The van der Waals surface area contributed by atoms with Gasteiger partial charge in [-0.25, -0.2) is 0 Å². The van der Waals surface area contributed by atoms with Crippen molar-refractivity contribution in [3.63, 3.8) is 0 Å². The van der Waals surface area contributed by atoms with Gasteiger partial charge in [0.1, 0.15) is 6.29 Å². The molecule has 2 saturated carbocycles. The van der Waals surface area contributed by atoms with Crippen LogP contribution in [0.15, 0.2) is 30.3 Å². The van der Waals surface area contributed by atoms with Crippen LogP contribution in [0, 0.1) is 17.8 Å². The van der Waals surface area contributed by atoms with Crippen molar-refractivity contribution in [1.82, 2.24) is 0 Å². The summed E-state index contributed by atoms with van der Waals surface area (Å²) in [5, 5.41) is 0. The molecule has 0 heterocycles. The molecule has 124 valence electrons. The highest BCUT2D eigenvalue weighted by Crippen LogP contribution is 2.35. The van der Waals surface area contributed by atoms with E-state index in [2.05, 4.69) is 43.3 Å². The lowest BCUT2D eigenvalue weighted by Crippen LogP contribution is -2.14. The van der Waals surface area contributed by atoms with E-state index in [-0.39, 0.29) is 0 Å². The van der Waals surface area contributed by atoms with Crippen LogP contribution in [0.3, 0.4) is 0 Å². The van der Waals surface area contributed by atoms with Gasteiger partial charge in [0, 0.05) is 5.92 Å². The first kappa shape index (κ1) is 16.5. The van der Waals surface area contributed by atoms with Crippen LogP contribution in [-0.2, 0) is 4.79 Å². The van der Waals surface area contributed by atoms with Crippen molar-refractivity contribution in [1.29, 1.82) is 0 Å². The van der Waals surface area contributed by atoms with Crippen molar-refractivity contribution in [2.24, 2.45) is 17.8 Å². The van der Waals surface area contributed by atoms with Gasteiger partial charge in [-0.3, -0.25) is 0 Å². The number of rotatable bonds is 4. The van der Waals surface area contributed by atoms with E-state index in [4.69, 9.17) is 0 Å². The molecule has 0 aliphatic heterocycles. The molecule has 2 aliphatic rings. The minimum atomic E-state index is 0.312. The smallest absolute Gasteiger partial charge is 0.123 e. The minimum absolute atomic E-state index is 0.312. The van der Waals surface area contributed by atoms with E-state index in [0.717, 1.165) is 31.0 Å². The molecule has 0 aromatic heterocycles. The van der Waals surface area contributed by atoms with E-state index < -0.39 is 0 Å². The van der Waals surface area contributed by atoms with Crippen LogP contribution < -0.4 is 0 Å². The summed E-state index contributed by atoms with van der Waals surface area (Å²) in [6.07, 6.45) is 15.8. The Bertz CT molecular complexity index is 511. The highest BCUT2D eigenvalue weighted by molar-refractivity contribution is 5.54. The second-order valence-electron chi connectivity index (χ2n) is 7.79. The molecule has 2 aliphatic carbocycles. The topological polar surface area (TPSA) is 17.1 Å². The van der Waals surface area contributed by atoms with Crippen molar-refractivity contribution in [3.05, 3.63) is 41.5 Å². The number of aldehydes is 1. The molecular formula is C22H30O. The van der Waals surface area contributed by atoms with Crippen molar-refractivity contribution >= 4 is 12.4 Å². The fourth-order valence-electron chi connectivity index (χ4n) is 4.19. The van der Waals surface area contributed by atoms with Crippen LogP contribution in [0.25, 0.3) is 6.08 Å². The molecule has 0 spiro atoms. The summed E-state index contributed by atoms with van der Waals surface area (Å²) in [6.45, 7) is 2.38. The Labute approximate surface area is 141 Å². The monoisotopic (exact) mass is 310 g/mol. The van der Waals surface area contributed by atoms with E-state index in [0.29, 0.717) is 11.8 Å². The molecule has 1 heteroatoms. The lowest BCUT2D eigenvalue weighted by molar-refractivity contribution is -0.111. The molecule has 1 aromatic rings. The second-order valence-corrected chi connectivity index (χ2v) is 7.79. The van der Waals surface area contributed by atoms with Crippen molar-refractivity contribution < 1.29 is 4.79 Å². The number of carbonyl (C=O) groups is 1. The Kier molecular flexibility index (Phi) is 5.70. The first-order chi connectivity index (χ1) is 11.2. The Morgan fingerprint density at radius 1 is 0.826 bits per heavy atom. The fourth-order valence-corrected chi connectivity index (χ4v) is 4.19. The lowest BCUT2D eigenvalue weighted by Gasteiger charge is -2.25. The fraction of sp³-hybridized carbons (Fsp3) is 0.591. The van der Waals surface area contributed by atoms with Crippen LogP contribution in [0.4, 0.5) is 0 Å². The zero-order chi connectivity index (χ0) is 16.1. The maximum atomic E-state index is 10.9. The summed E-state index contributed by atoms with van der Waals surface area (Å²) < 4.78 is 0. The lowest BCUT2D eigenvalue weighted by atomic mass is 9.79. The van der Waals surface area contributed by atoms with E-state index >= 15 is 0 Å². The van der Waals surface area contributed by atoms with Gasteiger partial charge in [-0.2, -0.15) is 0 Å². The summed E-state index contributed by atoms with van der Waals surface area (Å²) >= 11 is 0. The van der Waals surface area contributed by atoms with E-state index in [9.17, 15) is 4.79 Å². The second kappa shape index (κ2) is 7.95. The third kappa shape index (κ3) is 4.56. The molecular weight excluding hydrogens is 280 g/mol. The number of allylic oxidation sites excluding steroid dienone is 1. The number of benzene rings is 1. The van der Waals surface area contributed by atoms with Gasteiger partial charge in [-0.05, 0) is 67.4 Å². The SMILES string of the molecule is CC1CCC(C=Cc2ccc(C3CCC(C=O)CC3)cc2)CC1. The maximum Gasteiger partial charge on any atom is 0.123 e. The van der Waals surface area contributed by atoms with Gasteiger partial charge in [0.25, 0.3) is 0 Å². The summed E-state index contributed by atoms with van der Waals surface area (Å²) in [7, 11) is 0. The van der Waals surface area contributed by atoms with Crippen LogP contribution in [0.2, 0.25) is 0 Å². The highest BCUT2D eigenvalue weighted by atomic mass is 16.1. The summed E-state index contributed by atoms with van der Waals surface area (Å²) in [4.78, 5) is 10.9. The minimum Gasteiger partial charge on any atom is -0.303 e. The average Bonchev–Trinajstić information content (AvgIpc) is 2.62. The Balaban J connectivity index is 1.54. The predicted molar refractivity (Wildman–Crippen MR) is 97.4 cm³/mol. The van der Waals surface area contributed by atoms with E-state index in [1.54, 1.807) is 0 Å². The van der Waals surface area contributed by atoms with Crippen LogP contribution >= 0.6 is 0 Å². The highest BCUT2D eigenvalue weighted by Gasteiger charge is 2.21. The molecule has 0 N–H and O–H groups in total. The molecule has 0 saturated heterocycles. The molecule has 0 amide bonds. The quantitative estimate of drug-likeness (QED) is 0.623. The van der Waals surface area contributed by atoms with E-state index in [1.165, 1.54) is 49.7 Å². The number of carbonyl (C=O) groups excluding carboxylic acids is 1. The Hall–Kier alpha value is -1.37. The van der Waals surface area contributed by atoms with Gasteiger partial charge in [-0.1, -0.05) is 56.2 Å². The van der Waals surface area contributed by atoms with Crippen molar-refractivity contribution in [2.75, 3.05) is 0 Å². The van der Waals surface area contributed by atoms with Gasteiger partial charge >= 0.3 is 0 Å². The molecule has 2 fully saturated rings.